The maximum atomic E-state index is 5.54. The Balaban J connectivity index is 1.18. The van der Waals surface area contributed by atoms with Gasteiger partial charge in [0.15, 0.2) is 23.0 Å². The standard InChI is InChI=1S/C35H42N4O6/c1-40-30-17-25(18-31(41-2)34(30)44-5)28-15-23(7-11-36-28)21-38-27-9-13-39(14-10-27)22-24-8-12-37-29(16-24)26-19-32(42-3)35(45-6)33(20-26)43-4/h7-8,11-12,15-20,27,38H,9-10,13-14,21-22H2,1-6H3. The minimum absolute atomic E-state index is 0.450. The first-order chi connectivity index (χ1) is 22.0. The van der Waals surface area contributed by atoms with Crippen molar-refractivity contribution in [3.05, 3.63) is 72.1 Å². The molecule has 45 heavy (non-hydrogen) atoms. The Morgan fingerprint density at radius 2 is 1.07 bits per heavy atom. The van der Waals surface area contributed by atoms with E-state index in [0.29, 0.717) is 40.5 Å². The van der Waals surface area contributed by atoms with Crippen LogP contribution >= 0.6 is 0 Å². The van der Waals surface area contributed by atoms with Crippen molar-refractivity contribution in [3.63, 3.8) is 0 Å². The van der Waals surface area contributed by atoms with Gasteiger partial charge in [-0.1, -0.05) is 0 Å². The van der Waals surface area contributed by atoms with Crippen LogP contribution in [0.5, 0.6) is 34.5 Å². The molecule has 1 fully saturated rings. The normalized spacial score (nSPS) is 13.7. The third-order valence-electron chi connectivity index (χ3n) is 8.16. The fourth-order valence-corrected chi connectivity index (χ4v) is 5.75. The summed E-state index contributed by atoms with van der Waals surface area (Å²) >= 11 is 0. The summed E-state index contributed by atoms with van der Waals surface area (Å²) in [7, 11) is 9.68. The summed E-state index contributed by atoms with van der Waals surface area (Å²) in [5, 5.41) is 3.76. The molecule has 0 amide bonds. The zero-order chi connectivity index (χ0) is 31.8. The predicted octanol–water partition coefficient (Wildman–Crippen LogP) is 5.62. The highest BCUT2D eigenvalue weighted by atomic mass is 16.5. The van der Waals surface area contributed by atoms with Crippen molar-refractivity contribution in [3.8, 4) is 57.0 Å². The summed E-state index contributed by atoms with van der Waals surface area (Å²) in [6.45, 7) is 3.68. The second-order valence-electron chi connectivity index (χ2n) is 10.9. The van der Waals surface area contributed by atoms with Crippen LogP contribution in [0.15, 0.2) is 60.9 Å². The molecule has 0 aliphatic carbocycles. The van der Waals surface area contributed by atoms with E-state index in [0.717, 1.165) is 61.5 Å². The summed E-state index contributed by atoms with van der Waals surface area (Å²) in [5.41, 5.74) is 5.93. The average Bonchev–Trinajstić information content (AvgIpc) is 3.10. The molecule has 0 saturated carbocycles. The number of rotatable bonds is 13. The molecule has 0 atom stereocenters. The molecule has 0 radical (unpaired) electrons. The largest absolute Gasteiger partial charge is 0.493 e. The lowest BCUT2D eigenvalue weighted by Crippen LogP contribution is -2.41. The molecular weight excluding hydrogens is 572 g/mol. The molecule has 0 unspecified atom stereocenters. The van der Waals surface area contributed by atoms with E-state index in [4.69, 9.17) is 28.4 Å². The lowest BCUT2D eigenvalue weighted by Gasteiger charge is -2.32. The molecule has 5 rings (SSSR count). The van der Waals surface area contributed by atoms with Gasteiger partial charge in [0, 0.05) is 42.7 Å². The summed E-state index contributed by atoms with van der Waals surface area (Å²) in [6, 6.07) is 16.5. The van der Waals surface area contributed by atoms with Crippen molar-refractivity contribution >= 4 is 0 Å². The van der Waals surface area contributed by atoms with Gasteiger partial charge in [-0.25, -0.2) is 0 Å². The Bertz CT molecular complexity index is 1540. The van der Waals surface area contributed by atoms with Gasteiger partial charge in [0.1, 0.15) is 0 Å². The molecule has 1 N–H and O–H groups in total. The Morgan fingerprint density at radius 3 is 1.51 bits per heavy atom. The quantitative estimate of drug-likeness (QED) is 0.205. The van der Waals surface area contributed by atoms with Crippen molar-refractivity contribution in [2.24, 2.45) is 0 Å². The van der Waals surface area contributed by atoms with Gasteiger partial charge in [-0.15, -0.1) is 0 Å². The molecule has 1 saturated heterocycles. The van der Waals surface area contributed by atoms with Crippen molar-refractivity contribution in [1.82, 2.24) is 20.2 Å². The van der Waals surface area contributed by atoms with E-state index in [-0.39, 0.29) is 0 Å². The van der Waals surface area contributed by atoms with E-state index in [9.17, 15) is 0 Å². The highest BCUT2D eigenvalue weighted by Crippen LogP contribution is 2.42. The van der Waals surface area contributed by atoms with E-state index in [1.165, 1.54) is 11.1 Å². The van der Waals surface area contributed by atoms with Gasteiger partial charge in [-0.05, 0) is 85.6 Å². The van der Waals surface area contributed by atoms with Gasteiger partial charge in [-0.3, -0.25) is 14.9 Å². The number of aromatic nitrogens is 2. The second kappa shape index (κ2) is 15.0. The zero-order valence-corrected chi connectivity index (χ0v) is 26.9. The number of ether oxygens (including phenoxy) is 6. The van der Waals surface area contributed by atoms with Gasteiger partial charge in [0.05, 0.1) is 54.0 Å². The van der Waals surface area contributed by atoms with Gasteiger partial charge >= 0.3 is 0 Å². The fourth-order valence-electron chi connectivity index (χ4n) is 5.75. The predicted molar refractivity (Wildman–Crippen MR) is 174 cm³/mol. The second-order valence-corrected chi connectivity index (χ2v) is 10.9. The van der Waals surface area contributed by atoms with Crippen LogP contribution < -0.4 is 33.7 Å². The molecule has 3 heterocycles. The van der Waals surface area contributed by atoms with Crippen LogP contribution in [0.25, 0.3) is 22.5 Å². The van der Waals surface area contributed by atoms with Crippen LogP contribution in [0.3, 0.4) is 0 Å². The van der Waals surface area contributed by atoms with Crippen molar-refractivity contribution in [1.29, 1.82) is 0 Å². The topological polar surface area (TPSA) is 96.4 Å². The highest BCUT2D eigenvalue weighted by molar-refractivity contribution is 5.70. The van der Waals surface area contributed by atoms with Crippen LogP contribution in [0, 0.1) is 0 Å². The number of likely N-dealkylation sites (tertiary alicyclic amines) is 1. The first-order valence-corrected chi connectivity index (χ1v) is 15.0. The number of pyridine rings is 2. The van der Waals surface area contributed by atoms with E-state index in [1.807, 2.05) is 36.7 Å². The summed E-state index contributed by atoms with van der Waals surface area (Å²) in [5.74, 6) is 3.56. The number of nitrogens with zero attached hydrogens (tertiary/aromatic N) is 3. The summed E-state index contributed by atoms with van der Waals surface area (Å²) in [4.78, 5) is 11.7. The number of hydrogen-bond donors (Lipinski definition) is 1. The maximum Gasteiger partial charge on any atom is 0.203 e. The minimum Gasteiger partial charge on any atom is -0.493 e. The first-order valence-electron chi connectivity index (χ1n) is 15.0. The SMILES string of the molecule is COc1cc(-c2cc(CNC3CCN(Cc4ccnc(-c5cc(OC)c(OC)c(OC)c5)c4)CC3)ccn2)cc(OC)c1OC. The molecule has 2 aromatic heterocycles. The number of nitrogens with one attached hydrogen (secondary N) is 1. The van der Waals surface area contributed by atoms with Gasteiger partial charge in [-0.2, -0.15) is 0 Å². The molecule has 2 aromatic carbocycles. The molecule has 0 spiro atoms. The van der Waals surface area contributed by atoms with Gasteiger partial charge in [0.25, 0.3) is 0 Å². The monoisotopic (exact) mass is 614 g/mol. The third-order valence-corrected chi connectivity index (χ3v) is 8.16. The van der Waals surface area contributed by atoms with Gasteiger partial charge in [0.2, 0.25) is 11.5 Å². The number of piperidine rings is 1. The van der Waals surface area contributed by atoms with Crippen molar-refractivity contribution in [2.75, 3.05) is 55.7 Å². The van der Waals surface area contributed by atoms with Crippen molar-refractivity contribution < 1.29 is 28.4 Å². The Hall–Kier alpha value is -4.54. The highest BCUT2D eigenvalue weighted by Gasteiger charge is 2.20. The molecular formula is C35H42N4O6. The van der Waals surface area contributed by atoms with E-state index in [1.54, 1.807) is 42.7 Å². The minimum atomic E-state index is 0.450. The third kappa shape index (κ3) is 7.41. The number of benzene rings is 2. The molecule has 10 heteroatoms. The smallest absolute Gasteiger partial charge is 0.203 e. The lowest BCUT2D eigenvalue weighted by atomic mass is 10.0. The van der Waals surface area contributed by atoms with Gasteiger partial charge < -0.3 is 33.7 Å². The lowest BCUT2D eigenvalue weighted by molar-refractivity contribution is 0.190. The molecule has 4 aromatic rings. The van der Waals surface area contributed by atoms with Crippen LogP contribution in [0.1, 0.15) is 24.0 Å². The summed E-state index contributed by atoms with van der Waals surface area (Å²) < 4.78 is 33.1. The number of hydrogen-bond acceptors (Lipinski definition) is 10. The Morgan fingerprint density at radius 1 is 0.622 bits per heavy atom. The van der Waals surface area contributed by atoms with Crippen LogP contribution in [-0.2, 0) is 13.1 Å². The van der Waals surface area contributed by atoms with E-state index in [2.05, 4.69) is 44.5 Å². The molecule has 1 aliphatic heterocycles. The molecule has 238 valence electrons. The average molecular weight is 615 g/mol. The Labute approximate surface area is 265 Å². The molecule has 0 bridgehead atoms. The molecule has 10 nitrogen and oxygen atoms in total. The molecule has 1 aliphatic rings. The maximum absolute atomic E-state index is 5.54. The van der Waals surface area contributed by atoms with Crippen LogP contribution in [0.4, 0.5) is 0 Å². The van der Waals surface area contributed by atoms with E-state index < -0.39 is 0 Å². The first kappa shape index (κ1) is 31.9. The van der Waals surface area contributed by atoms with Crippen LogP contribution in [-0.4, -0.2) is 76.7 Å². The number of methoxy groups -OCH3 is 6. The summed E-state index contributed by atoms with van der Waals surface area (Å²) in [6.07, 6.45) is 5.87. The fraction of sp³-hybridized carbons (Fsp3) is 0.371. The van der Waals surface area contributed by atoms with Crippen molar-refractivity contribution in [2.45, 2.75) is 32.0 Å². The zero-order valence-electron chi connectivity index (χ0n) is 26.9. The van der Waals surface area contributed by atoms with E-state index >= 15 is 0 Å². The Kier molecular flexibility index (Phi) is 10.6. The van der Waals surface area contributed by atoms with Crippen LogP contribution in [0.2, 0.25) is 0 Å².